The number of hydrogen-bond donors (Lipinski definition) is 1. The van der Waals surface area contributed by atoms with Gasteiger partial charge in [0.15, 0.2) is 0 Å². The van der Waals surface area contributed by atoms with Gasteiger partial charge in [-0.15, -0.1) is 5.10 Å². The van der Waals surface area contributed by atoms with E-state index in [4.69, 9.17) is 4.42 Å². The molecule has 0 saturated carbocycles. The molecule has 162 valence electrons. The Hall–Kier alpha value is -3.73. The van der Waals surface area contributed by atoms with Crippen molar-refractivity contribution in [2.75, 3.05) is 5.32 Å². The summed E-state index contributed by atoms with van der Waals surface area (Å²) in [6.45, 7) is 4.34. The molecule has 4 aromatic rings. The smallest absolute Gasteiger partial charge is 0.322 e. The summed E-state index contributed by atoms with van der Waals surface area (Å²) < 4.78 is 5.67. The monoisotopic (exact) mass is 425 g/mol. The first kappa shape index (κ1) is 21.5. The van der Waals surface area contributed by atoms with Crippen LogP contribution >= 0.6 is 0 Å². The second kappa shape index (κ2) is 10.1. The van der Waals surface area contributed by atoms with Crippen LogP contribution in [0, 0.1) is 0 Å². The summed E-state index contributed by atoms with van der Waals surface area (Å²) in [5, 5.41) is 10.9. The highest BCUT2D eigenvalue weighted by Crippen LogP contribution is 2.28. The van der Waals surface area contributed by atoms with Crippen molar-refractivity contribution in [2.24, 2.45) is 0 Å². The SMILES string of the molecule is CC(C)c1ccc(Cc2nnc(NC(=O)CC(c3ccccc3)c3ccccc3)o2)cc1. The van der Waals surface area contributed by atoms with Crippen molar-refractivity contribution >= 4 is 11.9 Å². The molecular formula is C27H27N3O2. The number of nitrogens with one attached hydrogen (secondary N) is 1. The van der Waals surface area contributed by atoms with Crippen LogP contribution in [0.2, 0.25) is 0 Å². The first-order valence-electron chi connectivity index (χ1n) is 10.9. The fraction of sp³-hybridized carbons (Fsp3) is 0.222. The molecular weight excluding hydrogens is 398 g/mol. The molecule has 0 spiro atoms. The summed E-state index contributed by atoms with van der Waals surface area (Å²) in [5.74, 6) is 0.739. The molecule has 1 heterocycles. The average Bonchev–Trinajstić information content (AvgIpc) is 3.25. The lowest BCUT2D eigenvalue weighted by Crippen LogP contribution is -2.16. The molecule has 0 aliphatic carbocycles. The van der Waals surface area contributed by atoms with Gasteiger partial charge in [-0.3, -0.25) is 10.1 Å². The Labute approximate surface area is 188 Å². The number of rotatable bonds is 8. The van der Waals surface area contributed by atoms with Gasteiger partial charge in [0.2, 0.25) is 11.8 Å². The van der Waals surface area contributed by atoms with Crippen molar-refractivity contribution in [2.45, 2.75) is 38.5 Å². The second-order valence-electron chi connectivity index (χ2n) is 8.20. The Morgan fingerprint density at radius 1 is 0.812 bits per heavy atom. The van der Waals surface area contributed by atoms with Crippen LogP contribution in [0.25, 0.3) is 0 Å². The van der Waals surface area contributed by atoms with Crippen LogP contribution in [0.5, 0.6) is 0 Å². The maximum atomic E-state index is 12.8. The Morgan fingerprint density at radius 2 is 1.41 bits per heavy atom. The van der Waals surface area contributed by atoms with E-state index in [0.717, 1.165) is 16.7 Å². The number of carbonyl (C=O) groups is 1. The lowest BCUT2D eigenvalue weighted by atomic mass is 9.88. The van der Waals surface area contributed by atoms with E-state index in [1.807, 2.05) is 60.7 Å². The van der Waals surface area contributed by atoms with Gasteiger partial charge in [0, 0.05) is 12.3 Å². The van der Waals surface area contributed by atoms with Gasteiger partial charge < -0.3 is 4.42 Å². The Balaban J connectivity index is 1.41. The number of carbonyl (C=O) groups excluding carboxylic acids is 1. The van der Waals surface area contributed by atoms with Crippen LogP contribution in [0.3, 0.4) is 0 Å². The normalized spacial score (nSPS) is 11.1. The van der Waals surface area contributed by atoms with Crippen molar-refractivity contribution in [1.82, 2.24) is 10.2 Å². The lowest BCUT2D eigenvalue weighted by molar-refractivity contribution is -0.116. The van der Waals surface area contributed by atoms with Crippen LogP contribution in [-0.2, 0) is 11.2 Å². The minimum atomic E-state index is -0.167. The maximum Gasteiger partial charge on any atom is 0.322 e. The minimum Gasteiger partial charge on any atom is -0.407 e. The Kier molecular flexibility index (Phi) is 6.75. The molecule has 0 aliphatic rings. The highest BCUT2D eigenvalue weighted by molar-refractivity contribution is 5.89. The maximum absolute atomic E-state index is 12.8. The largest absolute Gasteiger partial charge is 0.407 e. The van der Waals surface area contributed by atoms with E-state index in [-0.39, 0.29) is 24.3 Å². The standard InChI is InChI=1S/C27H27N3O2/c1-19(2)21-15-13-20(14-16-21)17-26-29-30-27(32-26)28-25(31)18-24(22-9-5-3-6-10-22)23-11-7-4-8-12-23/h3-16,19,24H,17-18H2,1-2H3,(H,28,30,31). The van der Waals surface area contributed by atoms with Gasteiger partial charge in [0.25, 0.3) is 0 Å². The molecule has 0 bridgehead atoms. The molecule has 0 aliphatic heterocycles. The Bertz CT molecular complexity index is 1100. The predicted molar refractivity (Wildman–Crippen MR) is 126 cm³/mol. The molecule has 3 aromatic carbocycles. The van der Waals surface area contributed by atoms with Crippen LogP contribution in [0.15, 0.2) is 89.3 Å². The van der Waals surface area contributed by atoms with Gasteiger partial charge in [0.05, 0.1) is 6.42 Å². The first-order valence-corrected chi connectivity index (χ1v) is 10.9. The van der Waals surface area contributed by atoms with Crippen LogP contribution in [0.4, 0.5) is 6.01 Å². The quantitative estimate of drug-likeness (QED) is 0.379. The molecule has 5 heteroatoms. The lowest BCUT2D eigenvalue weighted by Gasteiger charge is -2.17. The van der Waals surface area contributed by atoms with Crippen molar-refractivity contribution in [3.8, 4) is 0 Å². The molecule has 5 nitrogen and oxygen atoms in total. The molecule has 4 rings (SSSR count). The van der Waals surface area contributed by atoms with E-state index in [9.17, 15) is 4.79 Å². The zero-order valence-corrected chi connectivity index (χ0v) is 18.4. The van der Waals surface area contributed by atoms with Crippen molar-refractivity contribution in [3.05, 3.63) is 113 Å². The summed E-state index contributed by atoms with van der Waals surface area (Å²) in [7, 11) is 0. The second-order valence-corrected chi connectivity index (χ2v) is 8.20. The highest BCUT2D eigenvalue weighted by Gasteiger charge is 2.19. The number of amides is 1. The fourth-order valence-corrected chi connectivity index (χ4v) is 3.73. The van der Waals surface area contributed by atoms with Gasteiger partial charge in [-0.05, 0) is 28.2 Å². The van der Waals surface area contributed by atoms with E-state index in [1.54, 1.807) is 0 Å². The molecule has 1 aromatic heterocycles. The molecule has 0 fully saturated rings. The average molecular weight is 426 g/mol. The number of nitrogens with zero attached hydrogens (tertiary/aromatic N) is 2. The van der Waals surface area contributed by atoms with Crippen molar-refractivity contribution in [3.63, 3.8) is 0 Å². The van der Waals surface area contributed by atoms with Crippen LogP contribution in [-0.4, -0.2) is 16.1 Å². The van der Waals surface area contributed by atoms with E-state index in [1.165, 1.54) is 5.56 Å². The summed E-state index contributed by atoms with van der Waals surface area (Å²) in [6, 6.07) is 28.6. The number of anilines is 1. The zero-order valence-electron chi connectivity index (χ0n) is 18.4. The number of hydrogen-bond acceptors (Lipinski definition) is 4. The van der Waals surface area contributed by atoms with Crippen molar-refractivity contribution < 1.29 is 9.21 Å². The number of benzene rings is 3. The summed E-state index contributed by atoms with van der Waals surface area (Å²) >= 11 is 0. The number of aromatic nitrogens is 2. The van der Waals surface area contributed by atoms with Gasteiger partial charge in [-0.2, -0.15) is 0 Å². The van der Waals surface area contributed by atoms with Gasteiger partial charge in [0.1, 0.15) is 0 Å². The molecule has 0 atom stereocenters. The van der Waals surface area contributed by atoms with Crippen LogP contribution in [0.1, 0.15) is 60.2 Å². The zero-order chi connectivity index (χ0) is 22.3. The van der Waals surface area contributed by atoms with Gasteiger partial charge in [-0.25, -0.2) is 0 Å². The molecule has 0 saturated heterocycles. The van der Waals surface area contributed by atoms with Crippen LogP contribution < -0.4 is 5.32 Å². The molecule has 32 heavy (non-hydrogen) atoms. The predicted octanol–water partition coefficient (Wildman–Crippen LogP) is 5.94. The molecule has 1 amide bonds. The Morgan fingerprint density at radius 3 is 1.97 bits per heavy atom. The molecule has 0 unspecified atom stereocenters. The highest BCUT2D eigenvalue weighted by atomic mass is 16.4. The van der Waals surface area contributed by atoms with Gasteiger partial charge >= 0.3 is 6.01 Å². The van der Waals surface area contributed by atoms with E-state index < -0.39 is 0 Å². The third kappa shape index (κ3) is 5.49. The van der Waals surface area contributed by atoms with E-state index in [2.05, 4.69) is 53.6 Å². The third-order valence-corrected chi connectivity index (χ3v) is 5.51. The topological polar surface area (TPSA) is 68.0 Å². The van der Waals surface area contributed by atoms with Crippen molar-refractivity contribution in [1.29, 1.82) is 0 Å². The minimum absolute atomic E-state index is 0.0562. The molecule has 0 radical (unpaired) electrons. The fourth-order valence-electron chi connectivity index (χ4n) is 3.73. The summed E-state index contributed by atoms with van der Waals surface area (Å²) in [4.78, 5) is 12.8. The third-order valence-electron chi connectivity index (χ3n) is 5.51. The van der Waals surface area contributed by atoms with E-state index in [0.29, 0.717) is 18.2 Å². The first-order chi connectivity index (χ1) is 15.6. The summed E-state index contributed by atoms with van der Waals surface area (Å²) in [5.41, 5.74) is 4.55. The van der Waals surface area contributed by atoms with E-state index >= 15 is 0 Å². The van der Waals surface area contributed by atoms with Gasteiger partial charge in [-0.1, -0.05) is 104 Å². The molecule has 1 N–H and O–H groups in total. The summed E-state index contributed by atoms with van der Waals surface area (Å²) in [6.07, 6.45) is 0.806.